The number of hydrogen-bond donors (Lipinski definition) is 3. The van der Waals surface area contributed by atoms with Gasteiger partial charge in [0.1, 0.15) is 0 Å². The van der Waals surface area contributed by atoms with Crippen LogP contribution in [0.15, 0.2) is 35.3 Å². The van der Waals surface area contributed by atoms with Gasteiger partial charge in [0.15, 0.2) is 5.96 Å². The predicted octanol–water partition coefficient (Wildman–Crippen LogP) is 1.37. The molecule has 0 radical (unpaired) electrons. The molecule has 1 saturated heterocycles. The molecule has 22 heavy (non-hydrogen) atoms. The predicted molar refractivity (Wildman–Crippen MR) is 91.1 cm³/mol. The molecule has 1 aromatic rings. The number of nitrogens with one attached hydrogen (secondary N) is 2. The van der Waals surface area contributed by atoms with Crippen LogP contribution in [0, 0.1) is 0 Å². The highest BCUT2D eigenvalue weighted by Crippen LogP contribution is 2.25. The summed E-state index contributed by atoms with van der Waals surface area (Å²) >= 11 is 0. The van der Waals surface area contributed by atoms with Gasteiger partial charge in [-0.3, -0.25) is 9.89 Å². The molecule has 1 atom stereocenters. The lowest BCUT2D eigenvalue weighted by Gasteiger charge is -2.27. The number of aliphatic hydroxyl groups is 1. The van der Waals surface area contributed by atoms with Gasteiger partial charge in [-0.25, -0.2) is 0 Å². The Morgan fingerprint density at radius 1 is 1.23 bits per heavy atom. The monoisotopic (exact) mass is 304 g/mol. The van der Waals surface area contributed by atoms with E-state index in [2.05, 4.69) is 45.9 Å². The van der Waals surface area contributed by atoms with Crippen molar-refractivity contribution in [2.45, 2.75) is 25.8 Å². The van der Waals surface area contributed by atoms with Crippen LogP contribution in [-0.2, 0) is 0 Å². The number of guanidine groups is 1. The average molecular weight is 304 g/mol. The molecule has 0 bridgehead atoms. The molecule has 2 rings (SSSR count). The first-order valence-electron chi connectivity index (χ1n) is 8.27. The van der Waals surface area contributed by atoms with Crippen LogP contribution in [0.4, 0.5) is 0 Å². The van der Waals surface area contributed by atoms with Gasteiger partial charge in [0, 0.05) is 13.1 Å². The topological polar surface area (TPSA) is 59.9 Å². The Kier molecular flexibility index (Phi) is 7.19. The average Bonchev–Trinajstić information content (AvgIpc) is 3.08. The molecule has 0 amide bonds. The summed E-state index contributed by atoms with van der Waals surface area (Å²) in [6.07, 6.45) is 2.55. The fourth-order valence-corrected chi connectivity index (χ4v) is 2.85. The highest BCUT2D eigenvalue weighted by molar-refractivity contribution is 5.79. The molecule has 5 nitrogen and oxygen atoms in total. The standard InChI is InChI=1S/C17H28N4O/c1-2-18-17(19-10-13-22)20-14-16(21-11-6-7-12-21)15-8-4-3-5-9-15/h3-5,8-9,16,22H,2,6-7,10-14H2,1H3,(H2,18,19,20). The van der Waals surface area contributed by atoms with Gasteiger partial charge in [-0.2, -0.15) is 0 Å². The molecular weight excluding hydrogens is 276 g/mol. The van der Waals surface area contributed by atoms with Crippen molar-refractivity contribution < 1.29 is 5.11 Å². The minimum absolute atomic E-state index is 0.110. The van der Waals surface area contributed by atoms with Crippen LogP contribution in [0.25, 0.3) is 0 Å². The number of rotatable bonds is 7. The van der Waals surface area contributed by atoms with Crippen molar-refractivity contribution in [3.8, 4) is 0 Å². The fraction of sp³-hybridized carbons (Fsp3) is 0.588. The number of hydrogen-bond acceptors (Lipinski definition) is 3. The molecule has 5 heteroatoms. The quantitative estimate of drug-likeness (QED) is 0.526. The SMILES string of the molecule is CCNC(=NCC(c1ccccc1)N1CCCC1)NCCO. The summed E-state index contributed by atoms with van der Waals surface area (Å²) in [6, 6.07) is 10.9. The minimum Gasteiger partial charge on any atom is -0.395 e. The van der Waals surface area contributed by atoms with Crippen LogP contribution >= 0.6 is 0 Å². The maximum atomic E-state index is 8.96. The number of aliphatic hydroxyl groups excluding tert-OH is 1. The molecule has 1 unspecified atom stereocenters. The number of nitrogens with zero attached hydrogens (tertiary/aromatic N) is 2. The lowest BCUT2D eigenvalue weighted by atomic mass is 10.1. The molecule has 1 aliphatic heterocycles. The molecule has 0 aromatic heterocycles. The first-order valence-corrected chi connectivity index (χ1v) is 8.27. The Morgan fingerprint density at radius 2 is 1.95 bits per heavy atom. The summed E-state index contributed by atoms with van der Waals surface area (Å²) in [4.78, 5) is 7.24. The second kappa shape index (κ2) is 9.43. The molecule has 122 valence electrons. The van der Waals surface area contributed by atoms with Crippen LogP contribution in [-0.4, -0.2) is 55.3 Å². The maximum Gasteiger partial charge on any atom is 0.191 e. The van der Waals surface area contributed by atoms with Crippen molar-refractivity contribution in [1.29, 1.82) is 0 Å². The van der Waals surface area contributed by atoms with Crippen LogP contribution < -0.4 is 10.6 Å². The third-order valence-corrected chi connectivity index (χ3v) is 3.94. The third kappa shape index (κ3) is 5.00. The van der Waals surface area contributed by atoms with Gasteiger partial charge in [0.2, 0.25) is 0 Å². The molecule has 1 aromatic carbocycles. The molecule has 0 spiro atoms. The Labute approximate surface area is 133 Å². The summed E-state index contributed by atoms with van der Waals surface area (Å²) in [5.74, 6) is 0.775. The summed E-state index contributed by atoms with van der Waals surface area (Å²) in [6.45, 7) is 6.52. The van der Waals surface area contributed by atoms with Crippen LogP contribution in [0.1, 0.15) is 31.4 Å². The lowest BCUT2D eigenvalue weighted by molar-refractivity contribution is 0.251. The van der Waals surface area contributed by atoms with E-state index in [1.165, 1.54) is 18.4 Å². The normalized spacial score (nSPS) is 17.5. The molecule has 0 saturated carbocycles. The van der Waals surface area contributed by atoms with E-state index < -0.39 is 0 Å². The van der Waals surface area contributed by atoms with Gasteiger partial charge in [0.05, 0.1) is 19.2 Å². The smallest absolute Gasteiger partial charge is 0.191 e. The summed E-state index contributed by atoms with van der Waals surface area (Å²) < 4.78 is 0. The van der Waals surface area contributed by atoms with Gasteiger partial charge in [-0.05, 0) is 38.4 Å². The number of aliphatic imine (C=N–C) groups is 1. The van der Waals surface area contributed by atoms with Crippen molar-refractivity contribution >= 4 is 5.96 Å². The molecule has 1 fully saturated rings. The number of benzene rings is 1. The Morgan fingerprint density at radius 3 is 2.59 bits per heavy atom. The highest BCUT2D eigenvalue weighted by Gasteiger charge is 2.23. The van der Waals surface area contributed by atoms with Gasteiger partial charge < -0.3 is 15.7 Å². The van der Waals surface area contributed by atoms with Gasteiger partial charge in [-0.1, -0.05) is 30.3 Å². The van der Waals surface area contributed by atoms with Gasteiger partial charge >= 0.3 is 0 Å². The number of likely N-dealkylation sites (tertiary alicyclic amines) is 1. The van der Waals surface area contributed by atoms with Gasteiger partial charge in [-0.15, -0.1) is 0 Å². The van der Waals surface area contributed by atoms with Crippen molar-refractivity contribution in [2.75, 3.05) is 39.3 Å². The van der Waals surface area contributed by atoms with Gasteiger partial charge in [0.25, 0.3) is 0 Å². The second-order valence-corrected chi connectivity index (χ2v) is 5.54. The first-order chi connectivity index (χ1) is 10.8. The largest absolute Gasteiger partial charge is 0.395 e. The second-order valence-electron chi connectivity index (χ2n) is 5.54. The Hall–Kier alpha value is -1.59. The molecule has 3 N–H and O–H groups in total. The van der Waals surface area contributed by atoms with Crippen LogP contribution in [0.2, 0.25) is 0 Å². The van der Waals surface area contributed by atoms with Crippen LogP contribution in [0.5, 0.6) is 0 Å². The summed E-state index contributed by atoms with van der Waals surface area (Å²) in [5.41, 5.74) is 1.33. The fourth-order valence-electron chi connectivity index (χ4n) is 2.85. The van der Waals surface area contributed by atoms with Crippen LogP contribution in [0.3, 0.4) is 0 Å². The van der Waals surface area contributed by atoms with Crippen molar-refractivity contribution in [1.82, 2.24) is 15.5 Å². The zero-order valence-electron chi connectivity index (χ0n) is 13.5. The van der Waals surface area contributed by atoms with Crippen molar-refractivity contribution in [3.63, 3.8) is 0 Å². The summed E-state index contributed by atoms with van der Waals surface area (Å²) in [5, 5.41) is 15.3. The zero-order chi connectivity index (χ0) is 15.6. The minimum atomic E-state index is 0.110. The maximum absolute atomic E-state index is 8.96. The first kappa shape index (κ1) is 16.8. The van der Waals surface area contributed by atoms with E-state index in [-0.39, 0.29) is 6.61 Å². The van der Waals surface area contributed by atoms with E-state index >= 15 is 0 Å². The zero-order valence-corrected chi connectivity index (χ0v) is 13.5. The summed E-state index contributed by atoms with van der Waals surface area (Å²) in [7, 11) is 0. The lowest BCUT2D eigenvalue weighted by Crippen LogP contribution is -2.39. The molecule has 0 aliphatic carbocycles. The van der Waals surface area contributed by atoms with Crippen molar-refractivity contribution in [2.24, 2.45) is 4.99 Å². The Balaban J connectivity index is 2.07. The highest BCUT2D eigenvalue weighted by atomic mass is 16.3. The molecule has 1 aliphatic rings. The van der Waals surface area contributed by atoms with E-state index in [0.717, 1.165) is 32.1 Å². The van der Waals surface area contributed by atoms with E-state index in [9.17, 15) is 0 Å². The van der Waals surface area contributed by atoms with E-state index in [1.807, 2.05) is 6.92 Å². The van der Waals surface area contributed by atoms with E-state index in [4.69, 9.17) is 10.1 Å². The van der Waals surface area contributed by atoms with E-state index in [0.29, 0.717) is 12.6 Å². The van der Waals surface area contributed by atoms with E-state index in [1.54, 1.807) is 0 Å². The Bertz CT molecular complexity index is 443. The van der Waals surface area contributed by atoms with Crippen molar-refractivity contribution in [3.05, 3.63) is 35.9 Å². The molecule has 1 heterocycles. The molecular formula is C17H28N4O. The third-order valence-electron chi connectivity index (χ3n) is 3.94.